The van der Waals surface area contributed by atoms with Crippen molar-refractivity contribution in [3.05, 3.63) is 0 Å². The molecule has 3 rings (SSSR count). The highest BCUT2D eigenvalue weighted by Crippen LogP contribution is 2.25. The Morgan fingerprint density at radius 1 is 1.17 bits per heavy atom. The molecule has 1 saturated carbocycles. The maximum Gasteiger partial charge on any atom is 0.407 e. The van der Waals surface area contributed by atoms with Gasteiger partial charge in [-0.25, -0.2) is 4.79 Å². The Balaban J connectivity index is 0. The molecule has 0 spiro atoms. The molecule has 0 bridgehead atoms. The minimum Gasteiger partial charge on any atom is -0.446 e. The Hall–Kier alpha value is -2.67. The van der Waals surface area contributed by atoms with Gasteiger partial charge in [-0.3, -0.25) is 14.5 Å². The van der Waals surface area contributed by atoms with E-state index in [1.54, 1.807) is 6.07 Å². The van der Waals surface area contributed by atoms with Gasteiger partial charge in [0.1, 0.15) is 12.4 Å². The first-order valence-electron chi connectivity index (χ1n) is 15.7. The van der Waals surface area contributed by atoms with Gasteiger partial charge in [0.25, 0.3) is 0 Å². The molecule has 3 aliphatic rings. The number of alkyl carbamates (subject to hydrolysis) is 1. The highest BCUT2D eigenvalue weighted by atomic mass is 16.6. The van der Waals surface area contributed by atoms with Gasteiger partial charge in [-0.2, -0.15) is 5.26 Å². The fourth-order valence-electron chi connectivity index (χ4n) is 4.83. The van der Waals surface area contributed by atoms with E-state index in [-0.39, 0.29) is 24.0 Å². The first kappa shape index (κ1) is 40.5. The number of nitriles is 1. The molecule has 2 aliphatic heterocycles. The third-order valence-corrected chi connectivity index (χ3v) is 6.80. The Kier molecular flexibility index (Phi) is 27.1. The second kappa shape index (κ2) is 27.5. The van der Waals surface area contributed by atoms with Crippen LogP contribution in [0.15, 0.2) is 0 Å². The van der Waals surface area contributed by atoms with Crippen molar-refractivity contribution >= 4 is 24.2 Å². The quantitative estimate of drug-likeness (QED) is 0.305. The predicted molar refractivity (Wildman–Crippen MR) is 164 cm³/mol. The average Bonchev–Trinajstić information content (AvgIpc) is 3.73. The SMILES string of the molecule is CC.CC#N.CCCC[C@@H](C=O)NC(=O)OC1CCCC1.CCC[C@@H]1CC(C(=O)NCC)N(C)C1.O=C1CCCN1. The Labute approximate surface area is 249 Å². The lowest BCUT2D eigenvalue weighted by Crippen LogP contribution is -2.41. The third-order valence-electron chi connectivity index (χ3n) is 6.80. The molecule has 10 heteroatoms. The molecule has 10 nitrogen and oxygen atoms in total. The van der Waals surface area contributed by atoms with Gasteiger partial charge in [0.15, 0.2) is 0 Å². The molecular formula is C31H59N5O5. The fraction of sp³-hybridized carbons (Fsp3) is 0.839. The maximum absolute atomic E-state index is 11.7. The Bertz CT molecular complexity index is 729. The van der Waals surface area contributed by atoms with Crippen LogP contribution in [0.25, 0.3) is 0 Å². The van der Waals surface area contributed by atoms with Crippen LogP contribution in [-0.2, 0) is 19.1 Å². The van der Waals surface area contributed by atoms with Crippen molar-refractivity contribution < 1.29 is 23.9 Å². The molecule has 1 aliphatic carbocycles. The normalized spacial score (nSPS) is 20.0. The molecule has 0 aromatic heterocycles. The number of amides is 3. The standard InChI is InChI=1S/C12H21NO3.C11H22N2O.C4H7NO.C2H3N.C2H6/c1-2-3-6-10(9-14)13-12(15)16-11-7-4-5-8-11;1-4-6-9-7-10(13(3)8-9)11(14)12-5-2;6-4-2-1-3-5-4;1-2-3;1-2/h9-11H,2-8H2,1H3,(H,13,15);9-10H,4-8H2,1-3H3,(H,12,14);1-3H2,(H,5,6);1H3;1-2H3/t10-;9-,10?;;;/m01.../s1. The van der Waals surface area contributed by atoms with Crippen LogP contribution in [-0.4, -0.2) is 74.0 Å². The molecule has 0 aromatic carbocycles. The molecule has 3 N–H and O–H groups in total. The fourth-order valence-corrected chi connectivity index (χ4v) is 4.83. The van der Waals surface area contributed by atoms with Crippen molar-refractivity contribution in [1.82, 2.24) is 20.9 Å². The summed E-state index contributed by atoms with van der Waals surface area (Å²) in [5.74, 6) is 1.13. The summed E-state index contributed by atoms with van der Waals surface area (Å²) in [6.07, 6.45) is 12.5. The van der Waals surface area contributed by atoms with Gasteiger partial charge < -0.3 is 25.5 Å². The predicted octanol–water partition coefficient (Wildman–Crippen LogP) is 5.11. The number of aldehydes is 1. The van der Waals surface area contributed by atoms with Gasteiger partial charge in [-0.05, 0) is 71.3 Å². The van der Waals surface area contributed by atoms with E-state index in [1.165, 1.54) is 19.8 Å². The number of likely N-dealkylation sites (N-methyl/N-ethyl adjacent to an activating group) is 2. The van der Waals surface area contributed by atoms with Crippen LogP contribution < -0.4 is 16.0 Å². The number of likely N-dealkylation sites (tertiary alicyclic amines) is 1. The second-order valence-corrected chi connectivity index (χ2v) is 10.3. The van der Waals surface area contributed by atoms with Crippen LogP contribution in [0.4, 0.5) is 4.79 Å². The van der Waals surface area contributed by atoms with E-state index in [2.05, 4.69) is 41.7 Å². The molecular weight excluding hydrogens is 522 g/mol. The Morgan fingerprint density at radius 2 is 1.80 bits per heavy atom. The molecule has 0 radical (unpaired) electrons. The molecule has 238 valence electrons. The van der Waals surface area contributed by atoms with Gasteiger partial charge in [0.2, 0.25) is 11.8 Å². The number of nitrogens with zero attached hydrogens (tertiary/aromatic N) is 2. The van der Waals surface area contributed by atoms with Gasteiger partial charge in [0, 0.05) is 33.0 Å². The number of unbranched alkanes of at least 4 members (excludes halogenated alkanes) is 1. The molecule has 3 fully saturated rings. The third kappa shape index (κ3) is 20.8. The zero-order valence-electron chi connectivity index (χ0n) is 26.9. The summed E-state index contributed by atoms with van der Waals surface area (Å²) < 4.78 is 5.21. The largest absolute Gasteiger partial charge is 0.446 e. The zero-order valence-corrected chi connectivity index (χ0v) is 26.9. The van der Waals surface area contributed by atoms with Crippen LogP contribution in [0.2, 0.25) is 0 Å². The van der Waals surface area contributed by atoms with E-state index in [0.29, 0.717) is 6.42 Å². The molecule has 0 aromatic rings. The van der Waals surface area contributed by atoms with Crippen LogP contribution in [0.3, 0.4) is 0 Å². The molecule has 2 saturated heterocycles. The number of ether oxygens (including phenoxy) is 1. The minimum atomic E-state index is -0.444. The van der Waals surface area contributed by atoms with E-state index in [1.807, 2.05) is 20.8 Å². The molecule has 3 atom stereocenters. The van der Waals surface area contributed by atoms with Crippen molar-refractivity contribution in [3.8, 4) is 6.07 Å². The van der Waals surface area contributed by atoms with Crippen molar-refractivity contribution in [2.75, 3.05) is 26.7 Å². The van der Waals surface area contributed by atoms with Crippen LogP contribution in [0, 0.1) is 17.2 Å². The van der Waals surface area contributed by atoms with Crippen molar-refractivity contribution in [1.29, 1.82) is 5.26 Å². The summed E-state index contributed by atoms with van der Waals surface area (Å²) in [6, 6.07) is 1.47. The van der Waals surface area contributed by atoms with Gasteiger partial charge >= 0.3 is 6.09 Å². The summed E-state index contributed by atoms with van der Waals surface area (Å²) in [5.41, 5.74) is 0. The van der Waals surface area contributed by atoms with Gasteiger partial charge in [-0.15, -0.1) is 0 Å². The van der Waals surface area contributed by atoms with E-state index < -0.39 is 12.1 Å². The van der Waals surface area contributed by atoms with Gasteiger partial charge in [0.05, 0.1) is 18.2 Å². The van der Waals surface area contributed by atoms with E-state index in [9.17, 15) is 19.2 Å². The molecule has 1 unspecified atom stereocenters. The topological polar surface area (TPSA) is 141 Å². The van der Waals surface area contributed by atoms with Crippen molar-refractivity contribution in [2.45, 2.75) is 137 Å². The summed E-state index contributed by atoms with van der Waals surface area (Å²) >= 11 is 0. The van der Waals surface area contributed by atoms with E-state index in [4.69, 9.17) is 10.00 Å². The first-order valence-corrected chi connectivity index (χ1v) is 15.7. The highest BCUT2D eigenvalue weighted by Gasteiger charge is 2.33. The lowest BCUT2D eigenvalue weighted by atomic mass is 10.0. The number of nitrogens with one attached hydrogen (secondary N) is 3. The summed E-state index contributed by atoms with van der Waals surface area (Å²) in [7, 11) is 2.05. The molecule has 3 amide bonds. The smallest absolute Gasteiger partial charge is 0.407 e. The van der Waals surface area contributed by atoms with Crippen molar-refractivity contribution in [3.63, 3.8) is 0 Å². The van der Waals surface area contributed by atoms with E-state index in [0.717, 1.165) is 89.6 Å². The number of carbonyl (C=O) groups is 4. The number of hydrogen-bond acceptors (Lipinski definition) is 7. The summed E-state index contributed by atoms with van der Waals surface area (Å²) in [4.78, 5) is 46.1. The second-order valence-electron chi connectivity index (χ2n) is 10.3. The monoisotopic (exact) mass is 581 g/mol. The lowest BCUT2D eigenvalue weighted by molar-refractivity contribution is -0.125. The van der Waals surface area contributed by atoms with Crippen LogP contribution >= 0.6 is 0 Å². The highest BCUT2D eigenvalue weighted by molar-refractivity contribution is 5.82. The van der Waals surface area contributed by atoms with Crippen LogP contribution in [0.1, 0.15) is 119 Å². The van der Waals surface area contributed by atoms with Gasteiger partial charge in [-0.1, -0.05) is 47.0 Å². The first-order chi connectivity index (χ1) is 19.8. The molecule has 2 heterocycles. The zero-order chi connectivity index (χ0) is 31.5. The van der Waals surface area contributed by atoms with Crippen LogP contribution in [0.5, 0.6) is 0 Å². The number of rotatable bonds is 10. The van der Waals surface area contributed by atoms with E-state index >= 15 is 0 Å². The Morgan fingerprint density at radius 3 is 2.24 bits per heavy atom. The summed E-state index contributed by atoms with van der Waals surface area (Å²) in [5, 5.41) is 15.5. The van der Waals surface area contributed by atoms with Crippen molar-refractivity contribution in [2.24, 2.45) is 5.92 Å². The minimum absolute atomic E-state index is 0.0541. The lowest BCUT2D eigenvalue weighted by Gasteiger charge is -2.17. The number of hydrogen-bond donors (Lipinski definition) is 3. The number of carbonyl (C=O) groups excluding carboxylic acids is 4. The molecule has 41 heavy (non-hydrogen) atoms. The summed E-state index contributed by atoms with van der Waals surface area (Å²) in [6.45, 7) is 14.4. The average molecular weight is 582 g/mol. The maximum atomic E-state index is 11.7.